The van der Waals surface area contributed by atoms with Crippen LogP contribution >= 0.6 is 22.7 Å². The maximum absolute atomic E-state index is 5.55. The van der Waals surface area contributed by atoms with Gasteiger partial charge >= 0.3 is 0 Å². The van der Waals surface area contributed by atoms with Gasteiger partial charge in [0.05, 0.1) is 12.1 Å². The van der Waals surface area contributed by atoms with Crippen LogP contribution in [0.1, 0.15) is 42.2 Å². The fourth-order valence-corrected chi connectivity index (χ4v) is 3.48. The molecule has 0 fully saturated rings. The van der Waals surface area contributed by atoms with Crippen molar-refractivity contribution in [3.8, 4) is 10.8 Å². The SMILES string of the molecule is CCO[C@@H](C)c1nc(Cc2nc(-c3nc(C)cs3)no2)cs1. The lowest BCUT2D eigenvalue weighted by Gasteiger charge is -2.06. The summed E-state index contributed by atoms with van der Waals surface area (Å²) in [5, 5.41) is 9.69. The van der Waals surface area contributed by atoms with Gasteiger partial charge in [-0.2, -0.15) is 4.98 Å². The first-order valence-electron chi connectivity index (χ1n) is 6.96. The highest BCUT2D eigenvalue weighted by atomic mass is 32.1. The third-order valence-corrected chi connectivity index (χ3v) is 4.96. The Labute approximate surface area is 136 Å². The molecule has 0 spiro atoms. The van der Waals surface area contributed by atoms with Gasteiger partial charge in [-0.15, -0.1) is 22.7 Å². The standard InChI is InChI=1S/C14H16N4O2S2/c1-4-19-9(3)13-16-10(7-22-13)5-11-17-12(18-20-11)14-15-8(2)6-21-14/h6-7,9H,4-5H2,1-3H3/t9-/m0/s1. The van der Waals surface area contributed by atoms with Gasteiger partial charge in [-0.05, 0) is 20.8 Å². The van der Waals surface area contributed by atoms with E-state index in [-0.39, 0.29) is 6.10 Å². The Kier molecular flexibility index (Phi) is 4.60. The first-order valence-corrected chi connectivity index (χ1v) is 8.72. The molecule has 0 aliphatic carbocycles. The van der Waals surface area contributed by atoms with Crippen molar-refractivity contribution in [3.63, 3.8) is 0 Å². The molecule has 22 heavy (non-hydrogen) atoms. The smallest absolute Gasteiger partial charge is 0.233 e. The predicted octanol–water partition coefficient (Wildman–Crippen LogP) is 3.65. The molecule has 0 aliphatic rings. The summed E-state index contributed by atoms with van der Waals surface area (Å²) >= 11 is 3.10. The Morgan fingerprint density at radius 2 is 2.09 bits per heavy atom. The predicted molar refractivity (Wildman–Crippen MR) is 85.1 cm³/mol. The molecule has 3 aromatic rings. The van der Waals surface area contributed by atoms with Crippen molar-refractivity contribution in [1.82, 2.24) is 20.1 Å². The molecule has 0 unspecified atom stereocenters. The minimum atomic E-state index is 0.0142. The van der Waals surface area contributed by atoms with Crippen LogP contribution in [-0.4, -0.2) is 26.7 Å². The van der Waals surface area contributed by atoms with Crippen LogP contribution in [0.15, 0.2) is 15.3 Å². The number of ether oxygens (including phenoxy) is 1. The van der Waals surface area contributed by atoms with Crippen LogP contribution < -0.4 is 0 Å². The molecule has 0 amide bonds. The highest BCUT2D eigenvalue weighted by Crippen LogP contribution is 2.24. The van der Waals surface area contributed by atoms with Crippen molar-refractivity contribution in [1.29, 1.82) is 0 Å². The molecule has 0 aliphatic heterocycles. The number of thiazole rings is 2. The fourth-order valence-electron chi connectivity index (χ4n) is 1.94. The van der Waals surface area contributed by atoms with Gasteiger partial charge < -0.3 is 9.26 Å². The molecule has 8 heteroatoms. The molecule has 0 saturated heterocycles. The third kappa shape index (κ3) is 3.40. The second-order valence-electron chi connectivity index (χ2n) is 4.76. The van der Waals surface area contributed by atoms with E-state index in [0.29, 0.717) is 24.7 Å². The topological polar surface area (TPSA) is 73.9 Å². The lowest BCUT2D eigenvalue weighted by molar-refractivity contribution is 0.0761. The minimum Gasteiger partial charge on any atom is -0.372 e. The maximum Gasteiger partial charge on any atom is 0.233 e. The van der Waals surface area contributed by atoms with E-state index in [4.69, 9.17) is 9.26 Å². The monoisotopic (exact) mass is 336 g/mol. The molecular weight excluding hydrogens is 320 g/mol. The van der Waals surface area contributed by atoms with Crippen LogP contribution in [0.5, 0.6) is 0 Å². The Hall–Kier alpha value is -1.64. The first kappa shape index (κ1) is 15.3. The van der Waals surface area contributed by atoms with Gasteiger partial charge in [-0.3, -0.25) is 0 Å². The molecule has 3 heterocycles. The van der Waals surface area contributed by atoms with E-state index in [9.17, 15) is 0 Å². The van der Waals surface area contributed by atoms with Gasteiger partial charge in [0.1, 0.15) is 11.1 Å². The Morgan fingerprint density at radius 3 is 2.82 bits per heavy atom. The average molecular weight is 336 g/mol. The third-order valence-electron chi connectivity index (χ3n) is 2.94. The van der Waals surface area contributed by atoms with E-state index in [1.807, 2.05) is 31.5 Å². The Balaban J connectivity index is 1.70. The summed E-state index contributed by atoms with van der Waals surface area (Å²) in [4.78, 5) is 13.3. The fraction of sp³-hybridized carbons (Fsp3) is 0.429. The summed E-state index contributed by atoms with van der Waals surface area (Å²) < 4.78 is 10.8. The molecule has 1 atom stereocenters. The molecule has 0 aromatic carbocycles. The van der Waals surface area contributed by atoms with E-state index in [0.717, 1.165) is 21.4 Å². The maximum atomic E-state index is 5.55. The normalized spacial score (nSPS) is 12.7. The van der Waals surface area contributed by atoms with Crippen molar-refractivity contribution < 1.29 is 9.26 Å². The van der Waals surface area contributed by atoms with Crippen molar-refractivity contribution in [2.75, 3.05) is 6.61 Å². The van der Waals surface area contributed by atoms with Crippen LogP contribution in [-0.2, 0) is 11.2 Å². The van der Waals surface area contributed by atoms with Gasteiger partial charge in [0, 0.05) is 23.1 Å². The van der Waals surface area contributed by atoms with E-state index < -0.39 is 0 Å². The van der Waals surface area contributed by atoms with Crippen molar-refractivity contribution >= 4 is 22.7 Å². The van der Waals surface area contributed by atoms with Crippen molar-refractivity contribution in [3.05, 3.63) is 33.0 Å². The molecule has 0 radical (unpaired) electrons. The summed E-state index contributed by atoms with van der Waals surface area (Å²) in [5.74, 6) is 1.08. The van der Waals surface area contributed by atoms with Gasteiger partial charge in [0.15, 0.2) is 5.01 Å². The molecule has 116 valence electrons. The van der Waals surface area contributed by atoms with Crippen LogP contribution in [0.4, 0.5) is 0 Å². The summed E-state index contributed by atoms with van der Waals surface area (Å²) in [6.07, 6.45) is 0.535. The van der Waals surface area contributed by atoms with Gasteiger partial charge in [-0.1, -0.05) is 5.16 Å². The molecular formula is C14H16N4O2S2. The van der Waals surface area contributed by atoms with E-state index in [2.05, 4.69) is 20.1 Å². The van der Waals surface area contributed by atoms with Crippen LogP contribution in [0.25, 0.3) is 10.8 Å². The van der Waals surface area contributed by atoms with Crippen LogP contribution in [0.2, 0.25) is 0 Å². The number of hydrogen-bond donors (Lipinski definition) is 0. The molecule has 6 nitrogen and oxygen atoms in total. The lowest BCUT2D eigenvalue weighted by atomic mass is 10.3. The number of rotatable bonds is 6. The second kappa shape index (κ2) is 6.64. The second-order valence-corrected chi connectivity index (χ2v) is 6.50. The quantitative estimate of drug-likeness (QED) is 0.684. The summed E-state index contributed by atoms with van der Waals surface area (Å²) in [6, 6.07) is 0. The number of aromatic nitrogens is 4. The zero-order valence-electron chi connectivity index (χ0n) is 12.6. The van der Waals surface area contributed by atoms with Crippen molar-refractivity contribution in [2.45, 2.75) is 33.3 Å². The van der Waals surface area contributed by atoms with Gasteiger partial charge in [-0.25, -0.2) is 9.97 Å². The Bertz CT molecular complexity index is 749. The zero-order chi connectivity index (χ0) is 15.5. The molecule has 0 saturated carbocycles. The number of aryl methyl sites for hydroxylation is 1. The summed E-state index contributed by atoms with van der Waals surface area (Å²) in [6.45, 7) is 6.60. The molecule has 0 bridgehead atoms. The van der Waals surface area contributed by atoms with Gasteiger partial charge in [0.2, 0.25) is 11.7 Å². The largest absolute Gasteiger partial charge is 0.372 e. The molecule has 0 N–H and O–H groups in total. The lowest BCUT2D eigenvalue weighted by Crippen LogP contribution is -1.99. The van der Waals surface area contributed by atoms with E-state index >= 15 is 0 Å². The van der Waals surface area contributed by atoms with Crippen LogP contribution in [0, 0.1) is 6.92 Å². The van der Waals surface area contributed by atoms with E-state index in [1.165, 1.54) is 11.3 Å². The highest BCUT2D eigenvalue weighted by Gasteiger charge is 2.15. The highest BCUT2D eigenvalue weighted by molar-refractivity contribution is 7.13. The zero-order valence-corrected chi connectivity index (χ0v) is 14.2. The summed E-state index contributed by atoms with van der Waals surface area (Å²) in [7, 11) is 0. The molecule has 3 aromatic heterocycles. The van der Waals surface area contributed by atoms with Gasteiger partial charge in [0.25, 0.3) is 0 Å². The first-order chi connectivity index (χ1) is 10.7. The van der Waals surface area contributed by atoms with Crippen LogP contribution in [0.3, 0.4) is 0 Å². The average Bonchev–Trinajstić information content (AvgIpc) is 3.20. The molecule has 3 rings (SSSR count). The Morgan fingerprint density at radius 1 is 1.23 bits per heavy atom. The summed E-state index contributed by atoms with van der Waals surface area (Å²) in [5.41, 5.74) is 1.87. The minimum absolute atomic E-state index is 0.0142. The van der Waals surface area contributed by atoms with E-state index in [1.54, 1.807) is 11.3 Å². The van der Waals surface area contributed by atoms with Crippen molar-refractivity contribution in [2.24, 2.45) is 0 Å². The number of nitrogens with zero attached hydrogens (tertiary/aromatic N) is 4. The number of hydrogen-bond acceptors (Lipinski definition) is 8.